The normalized spacial score (nSPS) is 15.0. The average Bonchev–Trinajstić information content (AvgIpc) is 3.25. The molecule has 0 spiro atoms. The van der Waals surface area contributed by atoms with Gasteiger partial charge in [-0.05, 0) is 60.8 Å². The second kappa shape index (κ2) is 8.96. The molecule has 0 aliphatic carbocycles. The summed E-state index contributed by atoms with van der Waals surface area (Å²) in [6, 6.07) is 14.2. The Kier molecular flexibility index (Phi) is 6.07. The third-order valence-corrected chi connectivity index (χ3v) is 5.57. The number of nitrogens with one attached hydrogen (secondary N) is 1. The van der Waals surface area contributed by atoms with Gasteiger partial charge in [-0.25, -0.2) is 0 Å². The summed E-state index contributed by atoms with van der Waals surface area (Å²) in [4.78, 5) is 37.3. The highest BCUT2D eigenvalue weighted by Crippen LogP contribution is 2.35. The zero-order valence-electron chi connectivity index (χ0n) is 16.9. The largest absolute Gasteiger partial charge is 0.496 e. The number of hydrogen-bond acceptors (Lipinski definition) is 7. The molecule has 0 saturated carbocycles. The van der Waals surface area contributed by atoms with Crippen LogP contribution in [0, 0.1) is 10.1 Å². The highest BCUT2D eigenvalue weighted by Gasteiger charge is 2.34. The Bertz CT molecular complexity index is 1330. The third-order valence-electron chi connectivity index (χ3n) is 4.76. The minimum atomic E-state index is -0.649. The van der Waals surface area contributed by atoms with Crippen LogP contribution < -0.4 is 15.0 Å². The number of rotatable bonds is 5. The van der Waals surface area contributed by atoms with E-state index in [9.17, 15) is 19.7 Å². The van der Waals surface area contributed by atoms with Gasteiger partial charge in [-0.1, -0.05) is 15.9 Å². The first-order chi connectivity index (χ1) is 15.8. The SMILES string of the molecule is COc1cc([N+](=O)[O-])ccc1-c1ccc(/C=C2/C(=O)NC(=S)N(c3ccc(Br)cc3)C2=O)o1. The van der Waals surface area contributed by atoms with Crippen LogP contribution in [0.1, 0.15) is 5.76 Å². The van der Waals surface area contributed by atoms with Crippen molar-refractivity contribution in [3.05, 3.63) is 80.5 Å². The standard InChI is InChI=1S/C22H14BrN3O6S/c1-31-19-10-14(26(29)30)6-8-16(19)18-9-7-15(32-18)11-17-20(27)24-22(33)25(21(17)28)13-4-2-12(23)3-5-13/h2-11H,1H3,(H,24,27,33)/b17-11-. The van der Waals surface area contributed by atoms with E-state index in [4.69, 9.17) is 21.4 Å². The van der Waals surface area contributed by atoms with E-state index >= 15 is 0 Å². The number of furan rings is 1. The first-order valence-corrected chi connectivity index (χ1v) is 10.6. The van der Waals surface area contributed by atoms with Gasteiger partial charge < -0.3 is 9.15 Å². The Morgan fingerprint density at radius 3 is 2.55 bits per heavy atom. The molecule has 2 heterocycles. The number of non-ortho nitro benzene ring substituents is 1. The molecule has 0 atom stereocenters. The van der Waals surface area contributed by atoms with E-state index in [0.29, 0.717) is 17.0 Å². The number of methoxy groups -OCH3 is 1. The number of thiocarbonyl (C=S) groups is 1. The van der Waals surface area contributed by atoms with E-state index in [-0.39, 0.29) is 27.9 Å². The number of hydrogen-bond donors (Lipinski definition) is 1. The quantitative estimate of drug-likeness (QED) is 0.171. The van der Waals surface area contributed by atoms with Gasteiger partial charge >= 0.3 is 0 Å². The predicted octanol–water partition coefficient (Wildman–Crippen LogP) is 4.46. The summed E-state index contributed by atoms with van der Waals surface area (Å²) in [5.74, 6) is -0.429. The first kappa shape index (κ1) is 22.4. The van der Waals surface area contributed by atoms with Crippen LogP contribution in [-0.4, -0.2) is 29.0 Å². The lowest BCUT2D eigenvalue weighted by molar-refractivity contribution is -0.384. The fourth-order valence-corrected chi connectivity index (χ4v) is 3.74. The molecule has 1 aromatic heterocycles. The Morgan fingerprint density at radius 1 is 1.15 bits per heavy atom. The molecular weight excluding hydrogens is 514 g/mol. The number of nitrogens with zero attached hydrogens (tertiary/aromatic N) is 2. The van der Waals surface area contributed by atoms with Crippen LogP contribution in [0.15, 0.2) is 69.1 Å². The molecule has 9 nitrogen and oxygen atoms in total. The van der Waals surface area contributed by atoms with E-state index < -0.39 is 16.7 Å². The van der Waals surface area contributed by atoms with Gasteiger partial charge in [0.1, 0.15) is 22.8 Å². The Morgan fingerprint density at radius 2 is 1.88 bits per heavy atom. The Balaban J connectivity index is 1.67. The molecule has 0 unspecified atom stereocenters. The summed E-state index contributed by atoms with van der Waals surface area (Å²) in [5.41, 5.74) is 0.681. The third kappa shape index (κ3) is 4.41. The molecule has 3 aromatic rings. The van der Waals surface area contributed by atoms with Gasteiger partial charge in [0.25, 0.3) is 17.5 Å². The number of halogens is 1. The summed E-state index contributed by atoms with van der Waals surface area (Å²) in [6.07, 6.45) is 1.31. The lowest BCUT2D eigenvalue weighted by Crippen LogP contribution is -2.54. The number of carbonyl (C=O) groups is 2. The van der Waals surface area contributed by atoms with Gasteiger partial charge in [-0.15, -0.1) is 0 Å². The lowest BCUT2D eigenvalue weighted by Gasteiger charge is -2.28. The van der Waals surface area contributed by atoms with E-state index in [1.54, 1.807) is 36.4 Å². The molecule has 1 saturated heterocycles. The maximum atomic E-state index is 13.1. The summed E-state index contributed by atoms with van der Waals surface area (Å²) in [5, 5.41) is 13.5. The predicted molar refractivity (Wildman–Crippen MR) is 128 cm³/mol. The molecular formula is C22H14BrN3O6S. The van der Waals surface area contributed by atoms with Gasteiger partial charge in [-0.3, -0.25) is 29.9 Å². The molecule has 4 rings (SSSR count). The Labute approximate surface area is 200 Å². The van der Waals surface area contributed by atoms with Crippen molar-refractivity contribution in [2.24, 2.45) is 0 Å². The molecule has 0 radical (unpaired) electrons. The molecule has 33 heavy (non-hydrogen) atoms. The van der Waals surface area contributed by atoms with Crippen LogP contribution in [0.4, 0.5) is 11.4 Å². The molecule has 1 N–H and O–H groups in total. The lowest BCUT2D eigenvalue weighted by atomic mass is 10.1. The molecule has 166 valence electrons. The average molecular weight is 528 g/mol. The molecule has 1 aliphatic heterocycles. The topological polar surface area (TPSA) is 115 Å². The van der Waals surface area contributed by atoms with E-state index in [0.717, 1.165) is 4.47 Å². The summed E-state index contributed by atoms with van der Waals surface area (Å²) in [6.45, 7) is 0. The molecule has 1 aliphatic rings. The van der Waals surface area contributed by atoms with Gasteiger partial charge in [0.05, 0.1) is 29.4 Å². The van der Waals surface area contributed by atoms with Crippen molar-refractivity contribution in [3.63, 3.8) is 0 Å². The maximum Gasteiger partial charge on any atom is 0.273 e. The first-order valence-electron chi connectivity index (χ1n) is 9.38. The van der Waals surface area contributed by atoms with Crippen LogP contribution >= 0.6 is 28.1 Å². The van der Waals surface area contributed by atoms with Gasteiger partial charge in [0.15, 0.2) is 5.11 Å². The van der Waals surface area contributed by atoms with Gasteiger partial charge in [0.2, 0.25) is 0 Å². The van der Waals surface area contributed by atoms with E-state index in [1.165, 1.54) is 36.3 Å². The van der Waals surface area contributed by atoms with Crippen LogP contribution in [0.2, 0.25) is 0 Å². The Hall–Kier alpha value is -3.83. The number of ether oxygens (including phenoxy) is 1. The number of carbonyl (C=O) groups excluding carboxylic acids is 2. The molecule has 11 heteroatoms. The van der Waals surface area contributed by atoms with Crippen molar-refractivity contribution < 1.29 is 23.7 Å². The second-order valence-corrected chi connectivity index (χ2v) is 8.08. The number of amides is 2. The van der Waals surface area contributed by atoms with Crippen molar-refractivity contribution in [2.75, 3.05) is 12.0 Å². The van der Waals surface area contributed by atoms with Crippen molar-refractivity contribution in [1.29, 1.82) is 0 Å². The van der Waals surface area contributed by atoms with Crippen molar-refractivity contribution in [3.8, 4) is 17.1 Å². The molecule has 2 amide bonds. The van der Waals surface area contributed by atoms with Gasteiger partial charge in [0, 0.05) is 10.5 Å². The molecule has 1 fully saturated rings. The highest BCUT2D eigenvalue weighted by atomic mass is 79.9. The molecule has 0 bridgehead atoms. The fourth-order valence-electron chi connectivity index (χ4n) is 3.20. The maximum absolute atomic E-state index is 13.1. The zero-order valence-corrected chi connectivity index (χ0v) is 19.3. The minimum absolute atomic E-state index is 0.0276. The van der Waals surface area contributed by atoms with Crippen molar-refractivity contribution in [2.45, 2.75) is 0 Å². The number of nitro benzene ring substituents is 1. The van der Waals surface area contributed by atoms with Gasteiger partial charge in [-0.2, -0.15) is 0 Å². The zero-order chi connectivity index (χ0) is 23.7. The number of anilines is 1. The fraction of sp³-hybridized carbons (Fsp3) is 0.0455. The summed E-state index contributed by atoms with van der Waals surface area (Å²) in [7, 11) is 1.39. The summed E-state index contributed by atoms with van der Waals surface area (Å²) >= 11 is 8.52. The highest BCUT2D eigenvalue weighted by molar-refractivity contribution is 9.10. The number of nitro groups is 1. The van der Waals surface area contributed by atoms with E-state index in [1.807, 2.05) is 0 Å². The van der Waals surface area contributed by atoms with E-state index in [2.05, 4.69) is 21.2 Å². The molecule has 2 aromatic carbocycles. The summed E-state index contributed by atoms with van der Waals surface area (Å²) < 4.78 is 11.8. The van der Waals surface area contributed by atoms with Crippen molar-refractivity contribution in [1.82, 2.24) is 5.32 Å². The second-order valence-electron chi connectivity index (χ2n) is 6.78. The monoisotopic (exact) mass is 527 g/mol. The minimum Gasteiger partial charge on any atom is -0.496 e. The smallest absolute Gasteiger partial charge is 0.273 e. The van der Waals surface area contributed by atoms with Crippen LogP contribution in [0.25, 0.3) is 17.4 Å². The van der Waals surface area contributed by atoms with Crippen molar-refractivity contribution >= 4 is 62.5 Å². The van der Waals surface area contributed by atoms with Crippen LogP contribution in [-0.2, 0) is 9.59 Å². The van der Waals surface area contributed by atoms with Crippen LogP contribution in [0.3, 0.4) is 0 Å². The number of benzene rings is 2. The van der Waals surface area contributed by atoms with Crippen LogP contribution in [0.5, 0.6) is 5.75 Å².